The summed E-state index contributed by atoms with van der Waals surface area (Å²) in [5.41, 5.74) is 1.02. The van der Waals surface area contributed by atoms with Crippen LogP contribution in [0.5, 0.6) is 11.8 Å². The van der Waals surface area contributed by atoms with Crippen molar-refractivity contribution in [2.45, 2.75) is 39.2 Å². The highest BCUT2D eigenvalue weighted by atomic mass is 16.5. The number of nitrogens with one attached hydrogen (secondary N) is 1. The molecule has 0 amide bonds. The van der Waals surface area contributed by atoms with Gasteiger partial charge in [0.1, 0.15) is 11.6 Å². The van der Waals surface area contributed by atoms with Crippen molar-refractivity contribution in [2.24, 2.45) is 0 Å². The van der Waals surface area contributed by atoms with Gasteiger partial charge in [-0.3, -0.25) is 4.90 Å². The van der Waals surface area contributed by atoms with E-state index in [1.54, 1.807) is 12.1 Å². The summed E-state index contributed by atoms with van der Waals surface area (Å²) in [5.74, 6) is 1.45. The minimum Gasteiger partial charge on any atom is -0.508 e. The van der Waals surface area contributed by atoms with Crippen molar-refractivity contribution < 1.29 is 9.84 Å². The second kappa shape index (κ2) is 8.80. The summed E-state index contributed by atoms with van der Waals surface area (Å²) in [4.78, 5) is 15.8. The second-order valence-corrected chi connectivity index (χ2v) is 6.44. The van der Waals surface area contributed by atoms with Crippen LogP contribution >= 0.6 is 0 Å². The van der Waals surface area contributed by atoms with Gasteiger partial charge >= 0.3 is 6.01 Å². The third-order valence-corrected chi connectivity index (χ3v) is 4.63. The number of anilines is 1. The number of likely N-dealkylation sites (N-methyl/N-ethyl adjacent to an activating group) is 1. The normalized spacial score (nSPS) is 17.4. The summed E-state index contributed by atoms with van der Waals surface area (Å²) in [6.07, 6.45) is 3.00. The summed E-state index contributed by atoms with van der Waals surface area (Å²) in [6.45, 7) is 7.67. The van der Waals surface area contributed by atoms with Gasteiger partial charge in [0.25, 0.3) is 0 Å². The lowest BCUT2D eigenvalue weighted by molar-refractivity contribution is 0.276. The van der Waals surface area contributed by atoms with Gasteiger partial charge in [-0.25, -0.2) is 0 Å². The monoisotopic (exact) mass is 357 g/mol. The molecular weight excluding hydrogens is 330 g/mol. The fourth-order valence-corrected chi connectivity index (χ4v) is 3.30. The molecule has 2 N–H and O–H groups in total. The highest BCUT2D eigenvalue weighted by Gasteiger charge is 2.23. The van der Waals surface area contributed by atoms with Crippen molar-refractivity contribution >= 4 is 5.95 Å². The van der Waals surface area contributed by atoms with Gasteiger partial charge in [-0.15, -0.1) is 0 Å². The summed E-state index contributed by atoms with van der Waals surface area (Å²) < 4.78 is 5.51. The lowest BCUT2D eigenvalue weighted by atomic mass is 10.1. The van der Waals surface area contributed by atoms with Crippen LogP contribution in [-0.4, -0.2) is 57.2 Å². The zero-order chi connectivity index (χ0) is 18.4. The molecule has 1 atom stereocenters. The van der Waals surface area contributed by atoms with E-state index in [9.17, 15) is 5.11 Å². The molecule has 2 aromatic rings. The average molecular weight is 357 g/mol. The fourth-order valence-electron chi connectivity index (χ4n) is 3.30. The molecule has 1 aromatic heterocycles. The maximum Gasteiger partial charge on any atom is 0.321 e. The van der Waals surface area contributed by atoms with E-state index in [-0.39, 0.29) is 5.75 Å². The molecule has 0 bridgehead atoms. The first-order valence-electron chi connectivity index (χ1n) is 9.31. The Balaban J connectivity index is 1.71. The Bertz CT molecular complexity index is 708. The zero-order valence-electron chi connectivity index (χ0n) is 15.5. The van der Waals surface area contributed by atoms with Gasteiger partial charge in [0.15, 0.2) is 0 Å². The van der Waals surface area contributed by atoms with Gasteiger partial charge in [0, 0.05) is 19.0 Å². The third-order valence-electron chi connectivity index (χ3n) is 4.63. The van der Waals surface area contributed by atoms with Gasteiger partial charge in [0.2, 0.25) is 5.95 Å². The lowest BCUT2D eigenvalue weighted by Gasteiger charge is -2.22. The first-order valence-corrected chi connectivity index (χ1v) is 9.31. The van der Waals surface area contributed by atoms with Crippen LogP contribution in [0.3, 0.4) is 0 Å². The molecule has 1 saturated heterocycles. The predicted molar refractivity (Wildman–Crippen MR) is 101 cm³/mol. The number of aromatic hydroxyl groups is 1. The van der Waals surface area contributed by atoms with Crippen LogP contribution in [0.15, 0.2) is 24.3 Å². The summed E-state index contributed by atoms with van der Waals surface area (Å²) in [5, 5.41) is 12.8. The Morgan fingerprint density at radius 1 is 1.19 bits per heavy atom. The third kappa shape index (κ3) is 4.82. The number of aromatic nitrogens is 3. The molecule has 1 aromatic carbocycles. The fraction of sp³-hybridized carbons (Fsp3) is 0.526. The molecule has 1 fully saturated rings. The molecular formula is C19H27N5O2. The molecule has 0 spiro atoms. The van der Waals surface area contributed by atoms with Crippen molar-refractivity contribution in [3.8, 4) is 11.8 Å². The Hall–Kier alpha value is -2.41. The molecule has 0 aliphatic carbocycles. The number of benzene rings is 1. The number of hydrogen-bond acceptors (Lipinski definition) is 7. The van der Waals surface area contributed by atoms with E-state index in [1.165, 1.54) is 12.8 Å². The summed E-state index contributed by atoms with van der Waals surface area (Å²) in [6, 6.07) is 7.93. The van der Waals surface area contributed by atoms with E-state index < -0.39 is 0 Å². The van der Waals surface area contributed by atoms with Crippen LogP contribution < -0.4 is 10.1 Å². The Morgan fingerprint density at radius 2 is 2.00 bits per heavy atom. The van der Waals surface area contributed by atoms with Crippen molar-refractivity contribution in [2.75, 3.05) is 31.6 Å². The molecule has 26 heavy (non-hydrogen) atoms. The van der Waals surface area contributed by atoms with Gasteiger partial charge < -0.3 is 15.2 Å². The Kier molecular flexibility index (Phi) is 6.22. The Morgan fingerprint density at radius 3 is 2.73 bits per heavy atom. The molecule has 0 radical (unpaired) electrons. The van der Waals surface area contributed by atoms with Gasteiger partial charge in [-0.2, -0.15) is 15.0 Å². The van der Waals surface area contributed by atoms with E-state index in [4.69, 9.17) is 4.74 Å². The maximum absolute atomic E-state index is 9.42. The number of nitrogens with zero attached hydrogens (tertiary/aromatic N) is 4. The molecule has 1 aliphatic rings. The SMILES string of the molecule is CCOc1nc(Cc2ccc(O)cc2)nc(NCC2CCCN2CC)n1. The van der Waals surface area contributed by atoms with E-state index in [0.29, 0.717) is 36.9 Å². The lowest BCUT2D eigenvalue weighted by Crippen LogP contribution is -2.35. The highest BCUT2D eigenvalue weighted by Crippen LogP contribution is 2.18. The van der Waals surface area contributed by atoms with Crippen molar-refractivity contribution in [1.82, 2.24) is 19.9 Å². The quantitative estimate of drug-likeness (QED) is 0.751. The molecule has 3 rings (SSSR count). The van der Waals surface area contributed by atoms with Gasteiger partial charge in [0.05, 0.1) is 6.61 Å². The first-order chi connectivity index (χ1) is 12.7. The molecule has 0 saturated carbocycles. The minimum absolute atomic E-state index is 0.249. The Labute approximate surface area is 154 Å². The van der Waals surface area contributed by atoms with E-state index in [2.05, 4.69) is 32.1 Å². The van der Waals surface area contributed by atoms with Crippen LogP contribution in [0, 0.1) is 0 Å². The minimum atomic E-state index is 0.249. The number of phenolic OH excluding ortho intramolecular Hbond substituents is 1. The summed E-state index contributed by atoms with van der Waals surface area (Å²) in [7, 11) is 0. The predicted octanol–water partition coefficient (Wildman–Crippen LogP) is 2.46. The largest absolute Gasteiger partial charge is 0.508 e. The average Bonchev–Trinajstić information content (AvgIpc) is 3.10. The smallest absolute Gasteiger partial charge is 0.321 e. The molecule has 7 nitrogen and oxygen atoms in total. The maximum atomic E-state index is 9.42. The first kappa shape index (κ1) is 18.4. The highest BCUT2D eigenvalue weighted by molar-refractivity contribution is 5.31. The molecule has 1 unspecified atom stereocenters. The van der Waals surface area contributed by atoms with Crippen molar-refractivity contribution in [1.29, 1.82) is 0 Å². The number of rotatable bonds is 8. The number of hydrogen-bond donors (Lipinski definition) is 2. The molecule has 7 heteroatoms. The molecule has 140 valence electrons. The molecule has 2 heterocycles. The van der Waals surface area contributed by atoms with Crippen molar-refractivity contribution in [3.63, 3.8) is 0 Å². The van der Waals surface area contributed by atoms with Crippen LogP contribution in [0.1, 0.15) is 38.1 Å². The van der Waals surface area contributed by atoms with Gasteiger partial charge in [-0.1, -0.05) is 19.1 Å². The number of phenols is 1. The number of ether oxygens (including phenoxy) is 1. The van der Waals surface area contributed by atoms with E-state index >= 15 is 0 Å². The number of likely N-dealkylation sites (tertiary alicyclic amines) is 1. The molecule has 1 aliphatic heterocycles. The van der Waals surface area contributed by atoms with Crippen LogP contribution in [-0.2, 0) is 6.42 Å². The topological polar surface area (TPSA) is 83.4 Å². The van der Waals surface area contributed by atoms with Crippen molar-refractivity contribution in [3.05, 3.63) is 35.7 Å². The summed E-state index contributed by atoms with van der Waals surface area (Å²) >= 11 is 0. The van der Waals surface area contributed by atoms with Crippen LogP contribution in [0.2, 0.25) is 0 Å². The zero-order valence-corrected chi connectivity index (χ0v) is 15.5. The van der Waals surface area contributed by atoms with Crippen LogP contribution in [0.25, 0.3) is 0 Å². The van der Waals surface area contributed by atoms with E-state index in [0.717, 1.165) is 25.2 Å². The second-order valence-electron chi connectivity index (χ2n) is 6.44. The standard InChI is InChI=1S/C19H27N5O2/c1-3-24-11-5-6-15(24)13-20-18-21-17(22-19(23-18)26-4-2)12-14-7-9-16(25)10-8-14/h7-10,15,25H,3-6,11-13H2,1-2H3,(H,20,21,22,23). The van der Waals surface area contributed by atoms with Crippen LogP contribution in [0.4, 0.5) is 5.95 Å². The van der Waals surface area contributed by atoms with E-state index in [1.807, 2.05) is 19.1 Å². The van der Waals surface area contributed by atoms with Gasteiger partial charge in [-0.05, 0) is 50.6 Å².